The maximum absolute atomic E-state index is 10.4. The number of aliphatic imine (C=N–C) groups is 1. The minimum atomic E-state index is -0.647. The quantitative estimate of drug-likeness (QED) is 0.316. The molecule has 6 nitrogen and oxygen atoms in total. The normalized spacial score (nSPS) is 12.3. The van der Waals surface area contributed by atoms with E-state index in [4.69, 9.17) is 4.74 Å². The van der Waals surface area contributed by atoms with Gasteiger partial charge in [-0.3, -0.25) is 0 Å². The molecule has 1 unspecified atom stereocenters. The van der Waals surface area contributed by atoms with Gasteiger partial charge in [0.05, 0.1) is 30.5 Å². The van der Waals surface area contributed by atoms with Crippen molar-refractivity contribution in [2.24, 2.45) is 4.99 Å². The number of hydrogen-bond acceptors (Lipinski definition) is 5. The second-order valence-corrected chi connectivity index (χ2v) is 6.90. The van der Waals surface area contributed by atoms with Crippen molar-refractivity contribution in [1.29, 1.82) is 0 Å². The zero-order valence-corrected chi connectivity index (χ0v) is 18.7. The summed E-state index contributed by atoms with van der Waals surface area (Å²) in [4.78, 5) is 10.2. The minimum Gasteiger partial charge on any atom is -0.497 e. The fraction of sp³-hybridized carbons (Fsp3) is 0.444. The number of methoxy groups -OCH3 is 1. The lowest BCUT2D eigenvalue weighted by molar-refractivity contribution is 0.180. The monoisotopic (exact) mass is 490 g/mol. The number of thiazole rings is 1. The molecule has 0 bridgehead atoms. The fourth-order valence-electron chi connectivity index (χ4n) is 2.37. The van der Waals surface area contributed by atoms with E-state index in [9.17, 15) is 5.11 Å². The predicted molar refractivity (Wildman–Crippen MR) is 118 cm³/mol. The van der Waals surface area contributed by atoms with Crippen molar-refractivity contribution in [2.75, 3.05) is 20.2 Å². The number of ether oxygens (including phenoxy) is 1. The second-order valence-electron chi connectivity index (χ2n) is 5.61. The van der Waals surface area contributed by atoms with Gasteiger partial charge in [-0.05, 0) is 38.5 Å². The van der Waals surface area contributed by atoms with Gasteiger partial charge in [0.25, 0.3) is 0 Å². The van der Waals surface area contributed by atoms with E-state index >= 15 is 0 Å². The summed E-state index contributed by atoms with van der Waals surface area (Å²) < 4.78 is 5.20. The van der Waals surface area contributed by atoms with Gasteiger partial charge in [-0.1, -0.05) is 12.1 Å². The van der Waals surface area contributed by atoms with Gasteiger partial charge < -0.3 is 20.5 Å². The summed E-state index contributed by atoms with van der Waals surface area (Å²) >= 11 is 1.66. The van der Waals surface area contributed by atoms with Crippen LogP contribution in [0.2, 0.25) is 0 Å². The highest BCUT2D eigenvalue weighted by atomic mass is 127. The highest BCUT2D eigenvalue weighted by Gasteiger charge is 2.10. The van der Waals surface area contributed by atoms with Crippen LogP contribution in [0.5, 0.6) is 5.75 Å². The number of aliphatic hydroxyl groups excluding tert-OH is 1. The van der Waals surface area contributed by atoms with Crippen molar-refractivity contribution in [1.82, 2.24) is 15.6 Å². The number of nitrogens with zero attached hydrogens (tertiary/aromatic N) is 2. The molecule has 1 aromatic heterocycles. The Bertz CT molecular complexity index is 721. The van der Waals surface area contributed by atoms with Gasteiger partial charge in [-0.15, -0.1) is 35.3 Å². The van der Waals surface area contributed by atoms with E-state index in [1.54, 1.807) is 18.4 Å². The van der Waals surface area contributed by atoms with Crippen LogP contribution >= 0.6 is 35.3 Å². The third kappa shape index (κ3) is 6.73. The van der Waals surface area contributed by atoms with E-state index in [0.717, 1.165) is 33.4 Å². The lowest BCUT2D eigenvalue weighted by Crippen LogP contribution is -2.39. The standard InChI is InChI=1S/C18H26N4O2S.HI/c1-5-19-18(21-11-17-12(2)22-13(3)25-17)20-10-16(23)14-7-6-8-15(9-14)24-4;/h6-9,16,23H,5,10-11H2,1-4H3,(H2,19,20,21);1H. The van der Waals surface area contributed by atoms with E-state index in [1.807, 2.05) is 45.0 Å². The molecule has 0 amide bonds. The van der Waals surface area contributed by atoms with E-state index in [-0.39, 0.29) is 24.0 Å². The number of rotatable bonds is 7. The Morgan fingerprint density at radius 1 is 1.35 bits per heavy atom. The number of aliphatic hydroxyl groups is 1. The van der Waals surface area contributed by atoms with E-state index in [0.29, 0.717) is 19.0 Å². The van der Waals surface area contributed by atoms with Crippen LogP contribution in [0.1, 0.15) is 34.2 Å². The van der Waals surface area contributed by atoms with E-state index < -0.39 is 6.10 Å². The average molecular weight is 490 g/mol. The molecule has 26 heavy (non-hydrogen) atoms. The highest BCUT2D eigenvalue weighted by molar-refractivity contribution is 14.0. The van der Waals surface area contributed by atoms with Crippen LogP contribution in [-0.2, 0) is 6.54 Å². The first-order chi connectivity index (χ1) is 12.0. The van der Waals surface area contributed by atoms with Crippen molar-refractivity contribution in [3.05, 3.63) is 45.4 Å². The Balaban J connectivity index is 0.00000338. The van der Waals surface area contributed by atoms with Crippen LogP contribution in [0.25, 0.3) is 0 Å². The van der Waals surface area contributed by atoms with Crippen LogP contribution in [-0.4, -0.2) is 36.2 Å². The molecule has 0 aliphatic heterocycles. The molecule has 1 atom stereocenters. The van der Waals surface area contributed by atoms with Crippen molar-refractivity contribution < 1.29 is 9.84 Å². The summed E-state index contributed by atoms with van der Waals surface area (Å²) in [6.45, 7) is 7.70. The summed E-state index contributed by atoms with van der Waals surface area (Å²) in [5.41, 5.74) is 1.83. The number of guanidine groups is 1. The molecule has 1 heterocycles. The maximum Gasteiger partial charge on any atom is 0.191 e. The van der Waals surface area contributed by atoms with E-state index in [2.05, 4.69) is 20.6 Å². The zero-order valence-electron chi connectivity index (χ0n) is 15.6. The lowest BCUT2D eigenvalue weighted by atomic mass is 10.1. The number of hydrogen-bond donors (Lipinski definition) is 3. The topological polar surface area (TPSA) is 78.8 Å². The molecule has 0 saturated heterocycles. The molecule has 1 aromatic carbocycles. The summed E-state index contributed by atoms with van der Waals surface area (Å²) in [6.07, 6.45) is -0.647. The molecule has 0 spiro atoms. The number of halogens is 1. The summed E-state index contributed by atoms with van der Waals surface area (Å²) in [5.74, 6) is 1.41. The Hall–Kier alpha value is -1.39. The average Bonchev–Trinajstić information content (AvgIpc) is 2.94. The first kappa shape index (κ1) is 22.7. The van der Waals surface area contributed by atoms with Gasteiger partial charge in [0, 0.05) is 18.0 Å². The Labute approximate surface area is 176 Å². The number of aryl methyl sites for hydroxylation is 2. The van der Waals surface area contributed by atoms with Crippen LogP contribution < -0.4 is 15.4 Å². The van der Waals surface area contributed by atoms with Crippen LogP contribution in [0, 0.1) is 13.8 Å². The first-order valence-corrected chi connectivity index (χ1v) is 9.12. The predicted octanol–water partition coefficient (Wildman–Crippen LogP) is 3.18. The van der Waals surface area contributed by atoms with E-state index in [1.165, 1.54) is 0 Å². The van der Waals surface area contributed by atoms with Crippen molar-refractivity contribution in [3.63, 3.8) is 0 Å². The molecule has 0 aliphatic rings. The molecule has 0 fully saturated rings. The molecular weight excluding hydrogens is 463 g/mol. The van der Waals surface area contributed by atoms with Crippen molar-refractivity contribution >= 4 is 41.3 Å². The minimum absolute atomic E-state index is 0. The second kappa shape index (κ2) is 11.3. The Morgan fingerprint density at radius 2 is 2.12 bits per heavy atom. The molecule has 2 aromatic rings. The van der Waals surface area contributed by atoms with Gasteiger partial charge >= 0.3 is 0 Å². The molecule has 0 radical (unpaired) electrons. The summed E-state index contributed by atoms with van der Waals surface area (Å²) in [5, 5.41) is 17.8. The first-order valence-electron chi connectivity index (χ1n) is 8.30. The summed E-state index contributed by atoms with van der Waals surface area (Å²) in [7, 11) is 1.61. The Morgan fingerprint density at radius 3 is 2.73 bits per heavy atom. The van der Waals surface area contributed by atoms with Gasteiger partial charge in [0.1, 0.15) is 5.75 Å². The van der Waals surface area contributed by atoms with Crippen molar-refractivity contribution in [3.8, 4) is 5.75 Å². The van der Waals surface area contributed by atoms with Crippen molar-refractivity contribution in [2.45, 2.75) is 33.4 Å². The number of benzene rings is 1. The third-order valence-corrected chi connectivity index (χ3v) is 4.72. The van der Waals surface area contributed by atoms with Gasteiger partial charge in [0.15, 0.2) is 5.96 Å². The largest absolute Gasteiger partial charge is 0.497 e. The van der Waals surface area contributed by atoms with Gasteiger partial charge in [-0.2, -0.15) is 0 Å². The molecule has 0 aliphatic carbocycles. The third-order valence-electron chi connectivity index (χ3n) is 3.67. The lowest BCUT2D eigenvalue weighted by Gasteiger charge is -2.16. The zero-order chi connectivity index (χ0) is 18.2. The molecule has 2 rings (SSSR count). The number of aromatic nitrogens is 1. The smallest absolute Gasteiger partial charge is 0.191 e. The highest BCUT2D eigenvalue weighted by Crippen LogP contribution is 2.19. The van der Waals surface area contributed by atoms with Crippen LogP contribution in [0.4, 0.5) is 0 Å². The maximum atomic E-state index is 10.4. The summed E-state index contributed by atoms with van der Waals surface area (Å²) in [6, 6.07) is 7.43. The van der Waals surface area contributed by atoms with Crippen LogP contribution in [0.15, 0.2) is 29.3 Å². The number of nitrogens with one attached hydrogen (secondary N) is 2. The molecule has 3 N–H and O–H groups in total. The molecule has 144 valence electrons. The molecular formula is C18H27IN4O2S. The molecule has 0 saturated carbocycles. The molecule has 8 heteroatoms. The van der Waals surface area contributed by atoms with Crippen LogP contribution in [0.3, 0.4) is 0 Å². The fourth-order valence-corrected chi connectivity index (χ4v) is 3.23. The Kier molecular flexibility index (Phi) is 9.89. The van der Waals surface area contributed by atoms with Gasteiger partial charge in [0.2, 0.25) is 0 Å². The van der Waals surface area contributed by atoms with Gasteiger partial charge in [-0.25, -0.2) is 9.98 Å². The SMILES string of the molecule is CCNC(=NCc1sc(C)nc1C)NCC(O)c1cccc(OC)c1.I.